The van der Waals surface area contributed by atoms with Crippen molar-refractivity contribution >= 4 is 27.6 Å². The van der Waals surface area contributed by atoms with Gasteiger partial charge in [-0.05, 0) is 36.8 Å². The quantitative estimate of drug-likeness (QED) is 0.449. The molecule has 10 heteroatoms. The highest BCUT2D eigenvalue weighted by molar-refractivity contribution is 7.89. The number of amides is 2. The van der Waals surface area contributed by atoms with Crippen molar-refractivity contribution in [2.24, 2.45) is 0 Å². The summed E-state index contributed by atoms with van der Waals surface area (Å²) in [6.07, 6.45) is 3.32. The van der Waals surface area contributed by atoms with Crippen LogP contribution in [0.15, 0.2) is 53.7 Å². The van der Waals surface area contributed by atoms with Crippen LogP contribution < -0.4 is 15.4 Å². The molecule has 9 nitrogen and oxygen atoms in total. The average Bonchev–Trinajstić information content (AvgIpc) is 2.73. The molecule has 0 spiro atoms. The minimum absolute atomic E-state index is 0.0128. The van der Waals surface area contributed by atoms with Crippen molar-refractivity contribution in [1.82, 2.24) is 20.3 Å². The van der Waals surface area contributed by atoms with Gasteiger partial charge in [0.2, 0.25) is 21.8 Å². The second-order valence-electron chi connectivity index (χ2n) is 6.46. The van der Waals surface area contributed by atoms with Gasteiger partial charge in [-0.3, -0.25) is 19.4 Å². The molecule has 0 saturated carbocycles. The van der Waals surface area contributed by atoms with Gasteiger partial charge in [0.05, 0.1) is 4.90 Å². The Hall–Kier alpha value is -3.11. The van der Waals surface area contributed by atoms with E-state index in [9.17, 15) is 22.8 Å². The smallest absolute Gasteiger partial charge is 0.240 e. The lowest BCUT2D eigenvalue weighted by molar-refractivity contribution is -0.122. The van der Waals surface area contributed by atoms with Gasteiger partial charge >= 0.3 is 0 Å². The van der Waals surface area contributed by atoms with Crippen molar-refractivity contribution in [3.8, 4) is 0 Å². The van der Waals surface area contributed by atoms with Crippen LogP contribution in [0.3, 0.4) is 0 Å². The summed E-state index contributed by atoms with van der Waals surface area (Å²) in [6, 6.07) is 9.13. The van der Waals surface area contributed by atoms with Gasteiger partial charge in [-0.1, -0.05) is 12.1 Å². The highest BCUT2D eigenvalue weighted by Crippen LogP contribution is 2.10. The number of nitrogens with one attached hydrogen (secondary N) is 3. The SMILES string of the molecule is CC(=O)c1ccc(S(=O)(=O)NCCC(=O)NCCC(=O)NCc2ccncc2)cc1. The van der Waals surface area contributed by atoms with Crippen molar-refractivity contribution in [1.29, 1.82) is 0 Å². The monoisotopic (exact) mass is 432 g/mol. The number of benzene rings is 1. The highest BCUT2D eigenvalue weighted by Gasteiger charge is 2.14. The molecule has 0 saturated heterocycles. The molecule has 2 aromatic rings. The van der Waals surface area contributed by atoms with E-state index in [-0.39, 0.29) is 48.4 Å². The third-order valence-electron chi connectivity index (χ3n) is 4.13. The van der Waals surface area contributed by atoms with E-state index in [1.54, 1.807) is 24.5 Å². The second kappa shape index (κ2) is 11.2. The van der Waals surface area contributed by atoms with Gasteiger partial charge in [0, 0.05) is 50.4 Å². The normalized spacial score (nSPS) is 11.0. The molecule has 0 radical (unpaired) electrons. The summed E-state index contributed by atoms with van der Waals surface area (Å²) in [7, 11) is -3.78. The first-order chi connectivity index (χ1) is 14.3. The summed E-state index contributed by atoms with van der Waals surface area (Å²) >= 11 is 0. The van der Waals surface area contributed by atoms with Crippen LogP contribution in [0.2, 0.25) is 0 Å². The van der Waals surface area contributed by atoms with E-state index in [1.165, 1.54) is 31.2 Å². The van der Waals surface area contributed by atoms with Crippen molar-refractivity contribution in [2.45, 2.75) is 31.2 Å². The van der Waals surface area contributed by atoms with Gasteiger partial charge in [-0.25, -0.2) is 13.1 Å². The van der Waals surface area contributed by atoms with Crippen LogP contribution in [-0.4, -0.2) is 44.1 Å². The van der Waals surface area contributed by atoms with Crippen LogP contribution in [0.25, 0.3) is 0 Å². The van der Waals surface area contributed by atoms with E-state index >= 15 is 0 Å². The number of Topliss-reactive ketones (excluding diaryl/α,β-unsaturated/α-hetero) is 1. The largest absolute Gasteiger partial charge is 0.356 e. The van der Waals surface area contributed by atoms with E-state index < -0.39 is 10.0 Å². The fourth-order valence-corrected chi connectivity index (χ4v) is 3.48. The number of carbonyl (C=O) groups is 3. The van der Waals surface area contributed by atoms with Gasteiger partial charge in [-0.2, -0.15) is 0 Å². The van der Waals surface area contributed by atoms with Crippen molar-refractivity contribution in [3.63, 3.8) is 0 Å². The lowest BCUT2D eigenvalue weighted by Gasteiger charge is -2.08. The fraction of sp³-hybridized carbons (Fsp3) is 0.300. The Morgan fingerprint density at radius 1 is 0.867 bits per heavy atom. The molecular formula is C20H24N4O5S. The molecule has 3 N–H and O–H groups in total. The average molecular weight is 433 g/mol. The van der Waals surface area contributed by atoms with Gasteiger partial charge in [0.15, 0.2) is 5.78 Å². The maximum absolute atomic E-state index is 12.2. The van der Waals surface area contributed by atoms with Crippen molar-refractivity contribution < 1.29 is 22.8 Å². The molecule has 0 bridgehead atoms. The number of pyridine rings is 1. The maximum atomic E-state index is 12.2. The van der Waals surface area contributed by atoms with Crippen LogP contribution in [-0.2, 0) is 26.2 Å². The molecule has 30 heavy (non-hydrogen) atoms. The summed E-state index contributed by atoms with van der Waals surface area (Å²) < 4.78 is 26.7. The first-order valence-electron chi connectivity index (χ1n) is 9.31. The number of nitrogens with zero attached hydrogens (tertiary/aromatic N) is 1. The molecule has 0 aliphatic heterocycles. The Balaban J connectivity index is 1.65. The molecule has 0 unspecified atom stereocenters. The van der Waals surface area contributed by atoms with E-state index in [1.807, 2.05) is 0 Å². The molecule has 1 heterocycles. The van der Waals surface area contributed by atoms with Gasteiger partial charge in [-0.15, -0.1) is 0 Å². The molecule has 2 rings (SSSR count). The summed E-state index contributed by atoms with van der Waals surface area (Å²) in [5.74, 6) is -0.733. The van der Waals surface area contributed by atoms with E-state index in [0.29, 0.717) is 12.1 Å². The zero-order chi connectivity index (χ0) is 22.0. The van der Waals surface area contributed by atoms with Crippen molar-refractivity contribution in [3.05, 3.63) is 59.9 Å². The van der Waals surface area contributed by atoms with E-state index in [4.69, 9.17) is 0 Å². The summed E-state index contributed by atoms with van der Waals surface area (Å²) in [5.41, 5.74) is 1.34. The lowest BCUT2D eigenvalue weighted by atomic mass is 10.2. The third kappa shape index (κ3) is 7.72. The topological polar surface area (TPSA) is 134 Å². The first kappa shape index (κ1) is 23.2. The minimum atomic E-state index is -3.78. The zero-order valence-electron chi connectivity index (χ0n) is 16.6. The second-order valence-corrected chi connectivity index (χ2v) is 8.23. The highest BCUT2D eigenvalue weighted by atomic mass is 32.2. The summed E-state index contributed by atoms with van der Waals surface area (Å²) in [5, 5.41) is 5.31. The molecule has 2 amide bonds. The Labute approximate surface area is 175 Å². The Bertz CT molecular complexity index is 976. The summed E-state index contributed by atoms with van der Waals surface area (Å²) in [4.78, 5) is 38.8. The molecule has 1 aromatic carbocycles. The zero-order valence-corrected chi connectivity index (χ0v) is 17.4. The Morgan fingerprint density at radius 3 is 2.10 bits per heavy atom. The predicted octanol–water partition coefficient (Wildman–Crippen LogP) is 0.775. The van der Waals surface area contributed by atoms with Crippen LogP contribution in [0.1, 0.15) is 35.7 Å². The fourth-order valence-electron chi connectivity index (χ4n) is 2.44. The number of hydrogen-bond acceptors (Lipinski definition) is 6. The maximum Gasteiger partial charge on any atom is 0.240 e. The molecule has 1 aromatic heterocycles. The molecule has 0 fully saturated rings. The predicted molar refractivity (Wildman–Crippen MR) is 110 cm³/mol. The Kier molecular flexibility index (Phi) is 8.63. The number of aromatic nitrogens is 1. The van der Waals surface area contributed by atoms with Crippen LogP contribution >= 0.6 is 0 Å². The number of ketones is 1. The number of sulfonamides is 1. The number of hydrogen-bond donors (Lipinski definition) is 3. The van der Waals surface area contributed by atoms with Crippen LogP contribution in [0, 0.1) is 0 Å². The first-order valence-corrected chi connectivity index (χ1v) is 10.8. The molecular weight excluding hydrogens is 408 g/mol. The molecule has 0 atom stereocenters. The van der Waals surface area contributed by atoms with Crippen LogP contribution in [0.5, 0.6) is 0 Å². The molecule has 0 aliphatic rings. The Morgan fingerprint density at radius 2 is 1.47 bits per heavy atom. The molecule has 0 aliphatic carbocycles. The van der Waals surface area contributed by atoms with Gasteiger partial charge < -0.3 is 10.6 Å². The van der Waals surface area contributed by atoms with E-state index in [0.717, 1.165) is 5.56 Å². The lowest BCUT2D eigenvalue weighted by Crippen LogP contribution is -2.33. The van der Waals surface area contributed by atoms with Gasteiger partial charge in [0.1, 0.15) is 0 Å². The third-order valence-corrected chi connectivity index (χ3v) is 5.61. The summed E-state index contributed by atoms with van der Waals surface area (Å²) in [6.45, 7) is 1.84. The standard InChI is InChI=1S/C20H24N4O5S/c1-15(25)17-2-4-18(5-3-17)30(28,29)24-13-9-19(26)22-12-8-20(27)23-14-16-6-10-21-11-7-16/h2-7,10-11,24H,8-9,12-14H2,1H3,(H,22,26)(H,23,27). The number of carbonyl (C=O) groups excluding carboxylic acids is 3. The molecule has 160 valence electrons. The van der Waals surface area contributed by atoms with E-state index in [2.05, 4.69) is 20.3 Å². The number of rotatable bonds is 11. The minimum Gasteiger partial charge on any atom is -0.356 e. The van der Waals surface area contributed by atoms with Gasteiger partial charge in [0.25, 0.3) is 0 Å². The van der Waals surface area contributed by atoms with Crippen LogP contribution in [0.4, 0.5) is 0 Å². The van der Waals surface area contributed by atoms with Crippen molar-refractivity contribution in [2.75, 3.05) is 13.1 Å².